The summed E-state index contributed by atoms with van der Waals surface area (Å²) in [7, 11) is 5.25. The van der Waals surface area contributed by atoms with Crippen LogP contribution in [0.1, 0.15) is 18.4 Å². The van der Waals surface area contributed by atoms with Gasteiger partial charge >= 0.3 is 18.2 Å². The highest BCUT2D eigenvalue weighted by Crippen LogP contribution is 2.30. The first-order valence-electron chi connectivity index (χ1n) is 14.5. The van der Waals surface area contributed by atoms with Crippen molar-refractivity contribution in [3.05, 3.63) is 66.5 Å². The molecule has 2 atom stereocenters. The molecule has 0 saturated carbocycles. The highest BCUT2D eigenvalue weighted by atomic mass is 19.4. The van der Waals surface area contributed by atoms with Crippen LogP contribution in [0.5, 0.6) is 0 Å². The van der Waals surface area contributed by atoms with Crippen LogP contribution in [0.2, 0.25) is 0 Å². The SMILES string of the molecule is CN(C(=O)Nc1ccc(-c2cnn(C)c2)cc1)[C@@H]1CCN(C#N)C1.CN(C(=O)Nc1ccc(C(F)(F)F)cc1)[C@@H]1CCN(C#N)C1. The number of nitriles is 2. The van der Waals surface area contributed by atoms with Crippen molar-refractivity contribution in [2.75, 3.05) is 50.9 Å². The zero-order valence-corrected chi connectivity index (χ0v) is 25.7. The maximum Gasteiger partial charge on any atom is 0.416 e. The Morgan fingerprint density at radius 2 is 1.28 bits per heavy atom. The third-order valence-corrected chi connectivity index (χ3v) is 7.98. The van der Waals surface area contributed by atoms with Gasteiger partial charge in [0.1, 0.15) is 0 Å². The van der Waals surface area contributed by atoms with E-state index in [0.29, 0.717) is 38.3 Å². The van der Waals surface area contributed by atoms with Crippen LogP contribution < -0.4 is 10.6 Å². The van der Waals surface area contributed by atoms with Gasteiger partial charge < -0.3 is 30.2 Å². The van der Waals surface area contributed by atoms with Gasteiger partial charge in [0.2, 0.25) is 0 Å². The van der Waals surface area contributed by atoms with E-state index in [9.17, 15) is 22.8 Å². The lowest BCUT2D eigenvalue weighted by atomic mass is 10.1. The highest BCUT2D eigenvalue weighted by molar-refractivity contribution is 5.90. The zero-order chi connectivity index (χ0) is 33.4. The number of nitrogens with zero attached hydrogens (tertiary/aromatic N) is 8. The summed E-state index contributed by atoms with van der Waals surface area (Å²) >= 11 is 0. The van der Waals surface area contributed by atoms with Crippen LogP contribution >= 0.6 is 0 Å². The molecule has 0 bridgehead atoms. The van der Waals surface area contributed by atoms with E-state index in [1.807, 2.05) is 49.9 Å². The Morgan fingerprint density at radius 1 is 0.826 bits per heavy atom. The summed E-state index contributed by atoms with van der Waals surface area (Å²) in [5.74, 6) is 0. The summed E-state index contributed by atoms with van der Waals surface area (Å²) in [5.41, 5.74) is 2.36. The van der Waals surface area contributed by atoms with Crippen molar-refractivity contribution >= 4 is 23.4 Å². The number of hydrogen-bond donors (Lipinski definition) is 2. The average Bonchev–Trinajstić information content (AvgIpc) is 3.82. The molecule has 12 nitrogen and oxygen atoms in total. The van der Waals surface area contributed by atoms with E-state index in [2.05, 4.69) is 21.9 Å². The molecule has 5 rings (SSSR count). The lowest BCUT2D eigenvalue weighted by Crippen LogP contribution is -2.41. The number of aromatic nitrogens is 2. The lowest BCUT2D eigenvalue weighted by Gasteiger charge is -2.24. The summed E-state index contributed by atoms with van der Waals surface area (Å²) in [4.78, 5) is 30.8. The van der Waals surface area contributed by atoms with Gasteiger partial charge in [-0.05, 0) is 54.8 Å². The maximum absolute atomic E-state index is 12.5. The molecule has 2 N–H and O–H groups in total. The second-order valence-corrected chi connectivity index (χ2v) is 11.1. The molecule has 15 heteroatoms. The number of alkyl halides is 3. The molecule has 0 unspecified atom stereocenters. The van der Waals surface area contributed by atoms with Crippen LogP contribution in [0, 0.1) is 22.9 Å². The summed E-state index contributed by atoms with van der Waals surface area (Å²) < 4.78 is 39.1. The van der Waals surface area contributed by atoms with Crippen molar-refractivity contribution < 1.29 is 22.8 Å². The molecular formula is C31H35F3N10O2. The van der Waals surface area contributed by atoms with Gasteiger partial charge in [0.05, 0.1) is 23.8 Å². The fraction of sp³-hybridized carbons (Fsp3) is 0.387. The van der Waals surface area contributed by atoms with E-state index in [1.165, 1.54) is 17.0 Å². The van der Waals surface area contributed by atoms with Crippen LogP contribution in [-0.4, -0.2) is 93.8 Å². The fourth-order valence-corrected chi connectivity index (χ4v) is 5.11. The minimum Gasteiger partial charge on any atom is -0.323 e. The Kier molecular flexibility index (Phi) is 10.6. The maximum atomic E-state index is 12.5. The number of anilines is 2. The molecule has 0 aliphatic carbocycles. The summed E-state index contributed by atoms with van der Waals surface area (Å²) in [6.45, 7) is 2.37. The molecule has 4 amide bonds. The predicted molar refractivity (Wildman–Crippen MR) is 165 cm³/mol. The Labute approximate surface area is 265 Å². The minimum absolute atomic E-state index is 0.0688. The van der Waals surface area contributed by atoms with E-state index < -0.39 is 17.8 Å². The standard InChI is InChI=1S/C17H20N6O.C14H15F3N4O/c1-21-10-14(9-19-21)13-3-5-15(6-4-13)20-17(24)22(2)16-7-8-23(11-16)12-18;1-20(12-6-7-21(8-12)9-18)13(22)19-11-4-2-10(3-5-11)14(15,16)17/h3-6,9-10,16H,7-8,11H2,1-2H3,(H,20,24);2-5,12H,6-8H2,1H3,(H,19,22)/t16-;12-/m11/s1. The fourth-order valence-electron chi connectivity index (χ4n) is 5.11. The second kappa shape index (κ2) is 14.6. The molecule has 2 aromatic carbocycles. The Hall–Kier alpha value is -5.44. The van der Waals surface area contributed by atoms with Crippen molar-refractivity contribution in [2.45, 2.75) is 31.1 Å². The minimum atomic E-state index is -4.40. The van der Waals surface area contributed by atoms with Crippen LogP contribution in [0.4, 0.5) is 34.1 Å². The van der Waals surface area contributed by atoms with E-state index in [4.69, 9.17) is 10.5 Å². The number of urea groups is 2. The van der Waals surface area contributed by atoms with E-state index in [-0.39, 0.29) is 18.1 Å². The number of nitrogens with one attached hydrogen (secondary N) is 2. The topological polar surface area (TPSA) is 137 Å². The smallest absolute Gasteiger partial charge is 0.323 e. The normalized spacial score (nSPS) is 17.3. The second-order valence-electron chi connectivity index (χ2n) is 11.1. The molecule has 242 valence electrons. The van der Waals surface area contributed by atoms with Crippen LogP contribution in [0.3, 0.4) is 0 Å². The summed E-state index contributed by atoms with van der Waals surface area (Å²) in [5, 5.41) is 27.3. The van der Waals surface area contributed by atoms with Crippen molar-refractivity contribution in [3.8, 4) is 23.5 Å². The quantitative estimate of drug-likeness (QED) is 0.383. The molecule has 2 aliphatic rings. The molecule has 2 fully saturated rings. The van der Waals surface area contributed by atoms with Gasteiger partial charge in [-0.25, -0.2) is 9.59 Å². The molecule has 46 heavy (non-hydrogen) atoms. The number of halogens is 3. The van der Waals surface area contributed by atoms with Crippen molar-refractivity contribution in [1.29, 1.82) is 10.5 Å². The van der Waals surface area contributed by atoms with Gasteiger partial charge in [-0.1, -0.05) is 12.1 Å². The number of benzene rings is 2. The molecule has 0 spiro atoms. The summed E-state index contributed by atoms with van der Waals surface area (Å²) in [6, 6.07) is 11.3. The molecule has 2 aliphatic heterocycles. The first-order chi connectivity index (χ1) is 21.9. The zero-order valence-electron chi connectivity index (χ0n) is 25.7. The lowest BCUT2D eigenvalue weighted by molar-refractivity contribution is -0.137. The van der Waals surface area contributed by atoms with Gasteiger partial charge in [0, 0.05) is 70.5 Å². The highest BCUT2D eigenvalue weighted by Gasteiger charge is 2.31. The average molecular weight is 637 g/mol. The number of hydrogen-bond acceptors (Lipinski definition) is 7. The monoisotopic (exact) mass is 636 g/mol. The third-order valence-electron chi connectivity index (χ3n) is 7.98. The number of carbonyl (C=O) groups is 2. The first kappa shape index (κ1) is 33.5. The van der Waals surface area contributed by atoms with Gasteiger partial charge in [0.25, 0.3) is 0 Å². The van der Waals surface area contributed by atoms with Gasteiger partial charge in [-0.15, -0.1) is 0 Å². The number of rotatable bonds is 5. The first-order valence-corrected chi connectivity index (χ1v) is 14.5. The number of carbonyl (C=O) groups excluding carboxylic acids is 2. The molecule has 3 aromatic rings. The van der Waals surface area contributed by atoms with Crippen LogP contribution in [-0.2, 0) is 13.2 Å². The van der Waals surface area contributed by atoms with Gasteiger partial charge in [-0.3, -0.25) is 4.68 Å². The number of likely N-dealkylation sites (N-methyl/N-ethyl adjacent to an activating group) is 2. The predicted octanol–water partition coefficient (Wildman–Crippen LogP) is 4.83. The van der Waals surface area contributed by atoms with Crippen molar-refractivity contribution in [3.63, 3.8) is 0 Å². The molecule has 3 heterocycles. The van der Waals surface area contributed by atoms with Gasteiger partial charge in [-0.2, -0.15) is 28.8 Å². The largest absolute Gasteiger partial charge is 0.416 e. The summed E-state index contributed by atoms with van der Waals surface area (Å²) in [6.07, 6.45) is 5.01. The third kappa shape index (κ3) is 8.59. The number of likely N-dealkylation sites (tertiary alicyclic amines) is 2. The molecular weight excluding hydrogens is 601 g/mol. The van der Waals surface area contributed by atoms with Crippen LogP contribution in [0.15, 0.2) is 60.9 Å². The Bertz CT molecular complexity index is 1580. The molecule has 0 radical (unpaired) electrons. The Morgan fingerprint density at radius 3 is 1.65 bits per heavy atom. The molecule has 1 aromatic heterocycles. The van der Waals surface area contributed by atoms with E-state index in [1.54, 1.807) is 33.5 Å². The number of aryl methyl sites for hydroxylation is 1. The van der Waals surface area contributed by atoms with Crippen molar-refractivity contribution in [2.24, 2.45) is 7.05 Å². The molecule has 2 saturated heterocycles. The van der Waals surface area contributed by atoms with Crippen molar-refractivity contribution in [1.82, 2.24) is 29.4 Å². The van der Waals surface area contributed by atoms with Gasteiger partial charge in [0.15, 0.2) is 12.4 Å². The van der Waals surface area contributed by atoms with E-state index in [0.717, 1.165) is 35.4 Å². The number of amides is 4. The van der Waals surface area contributed by atoms with Crippen LogP contribution in [0.25, 0.3) is 11.1 Å². The Balaban J connectivity index is 0.000000210. The van der Waals surface area contributed by atoms with E-state index >= 15 is 0 Å².